The van der Waals surface area contributed by atoms with E-state index >= 15 is 0 Å². The standard InChI is InChI=1S/C17H32.C16H30.C12H24.2C10H20.C10H14.C9H19N.C7H15N.C6H14/c1-3-14-5-9-16(10-6-14)13-17-11-7-15(4-2)8-12-17;1-3-13-5-9-15(10-6-13)16-11-7-14(4-2)8-12-16;1-3-5-11-7-9-12(6-4-2)10-8-11;1-3-9-5-7-10(4-2)8-6-9;2*1-3-9-7-5-6-8-10(9)4-2;1-3-4-9-5-7-10(2)8-6-9;1-7-3-5-8(2)6-4-7;1-3-5-6-4-2/h14-17H,3-13H2,1-2H3;13-16H,3-12H2,1-2H3;11-12H,3-10H2,1-2H3;2*9-10H,3-8H2,1-2H3;5-8H,3-4H2,1-2H3;9H,3-8H2,1-2H3;7H,3-6H2,1-2H3;3-6H2,1-2H3. The summed E-state index contributed by atoms with van der Waals surface area (Å²) in [6, 6.07) is 8.63. The van der Waals surface area contributed by atoms with E-state index in [2.05, 4.69) is 159 Å². The molecule has 2 saturated heterocycles. The summed E-state index contributed by atoms with van der Waals surface area (Å²) in [6.45, 7) is 42.2. The molecular formula is C97H188N2. The Labute approximate surface area is 627 Å². The molecule has 2 aliphatic heterocycles. The van der Waals surface area contributed by atoms with Crippen LogP contribution < -0.4 is 0 Å². The minimum Gasteiger partial charge on any atom is -0.306 e. The molecule has 2 heteroatoms. The maximum absolute atomic E-state index is 2.44. The number of rotatable bonds is 22. The lowest BCUT2D eigenvalue weighted by Gasteiger charge is -2.37. The van der Waals surface area contributed by atoms with Crippen LogP contribution in [0.3, 0.4) is 0 Å². The Bertz CT molecular complexity index is 1690. The zero-order valence-electron chi connectivity index (χ0n) is 71.7. The van der Waals surface area contributed by atoms with Crippen molar-refractivity contribution in [3.05, 3.63) is 35.4 Å². The third kappa shape index (κ3) is 44.1. The van der Waals surface area contributed by atoms with Crippen molar-refractivity contribution < 1.29 is 0 Å². The number of hydrogen-bond donors (Lipinski definition) is 0. The fourth-order valence-electron chi connectivity index (χ4n) is 20.0. The molecule has 586 valence electrons. The SMILES string of the molecule is CC1CCN(C)CC1.CCC1CCC(C2CCC(CC)CC2)CC1.CCC1CCC(CC)CC1.CCC1CCC(CC2CCC(CC)CC2)CC1.CCC1CCCCC1CC.CCCC1CCC(CCC)CC1.CCCC1CCN(C)CC1.CCCCCC.CCc1ccccc1CC. The van der Waals surface area contributed by atoms with E-state index in [4.69, 9.17) is 0 Å². The Balaban J connectivity index is 0.000000384. The molecule has 7 saturated carbocycles. The zero-order chi connectivity index (χ0) is 72.7. The molecule has 2 nitrogen and oxygen atoms in total. The summed E-state index contributed by atoms with van der Waals surface area (Å²) in [5, 5.41) is 0. The van der Waals surface area contributed by atoms with Crippen LogP contribution in [0.2, 0.25) is 0 Å². The van der Waals surface area contributed by atoms with Crippen LogP contribution in [-0.4, -0.2) is 50.1 Å². The Hall–Kier alpha value is -0.860. The fourth-order valence-corrected chi connectivity index (χ4v) is 20.0. The highest BCUT2D eigenvalue weighted by atomic mass is 15.1. The number of benzene rings is 1. The second-order valence-corrected chi connectivity index (χ2v) is 35.7. The first kappa shape index (κ1) is 94.2. The van der Waals surface area contributed by atoms with E-state index in [-0.39, 0.29) is 0 Å². The van der Waals surface area contributed by atoms with Gasteiger partial charge < -0.3 is 9.80 Å². The first-order chi connectivity index (χ1) is 48.2. The van der Waals surface area contributed by atoms with Gasteiger partial charge in [-0.1, -0.05) is 405 Å². The zero-order valence-corrected chi connectivity index (χ0v) is 71.7. The van der Waals surface area contributed by atoms with Gasteiger partial charge in [-0.2, -0.15) is 0 Å². The van der Waals surface area contributed by atoms with E-state index < -0.39 is 0 Å². The molecule has 9 aliphatic rings. The molecule has 0 radical (unpaired) electrons. The first-order valence-electron chi connectivity index (χ1n) is 46.6. The summed E-state index contributed by atoms with van der Waals surface area (Å²) in [6.07, 6.45) is 77.9. The van der Waals surface area contributed by atoms with Gasteiger partial charge in [0.15, 0.2) is 0 Å². The van der Waals surface area contributed by atoms with Crippen molar-refractivity contribution in [1.29, 1.82) is 0 Å². The van der Waals surface area contributed by atoms with Gasteiger partial charge in [0, 0.05) is 0 Å². The van der Waals surface area contributed by atoms with Crippen molar-refractivity contribution in [3.8, 4) is 0 Å². The molecule has 0 spiro atoms. The summed E-state index contributed by atoms with van der Waals surface area (Å²) < 4.78 is 0. The molecule has 9 fully saturated rings. The lowest BCUT2D eigenvalue weighted by atomic mass is 9.68. The van der Waals surface area contributed by atoms with Crippen LogP contribution in [0.25, 0.3) is 0 Å². The number of likely N-dealkylation sites (tertiary alicyclic amines) is 2. The molecule has 0 N–H and O–H groups in total. The predicted octanol–water partition coefficient (Wildman–Crippen LogP) is 31.7. The van der Waals surface area contributed by atoms with Crippen LogP contribution in [0.15, 0.2) is 24.3 Å². The molecule has 10 rings (SSSR count). The van der Waals surface area contributed by atoms with E-state index in [1.54, 1.807) is 57.8 Å². The predicted molar refractivity (Wildman–Crippen MR) is 451 cm³/mol. The number of aryl methyl sites for hydroxylation is 2. The van der Waals surface area contributed by atoms with E-state index in [0.717, 1.165) is 108 Å². The number of nitrogens with zero attached hydrogens (tertiary/aromatic N) is 2. The highest BCUT2D eigenvalue weighted by molar-refractivity contribution is 5.26. The van der Waals surface area contributed by atoms with Crippen molar-refractivity contribution in [2.24, 2.45) is 94.7 Å². The van der Waals surface area contributed by atoms with Crippen molar-refractivity contribution in [2.75, 3.05) is 40.3 Å². The molecule has 2 heterocycles. The smallest absolute Gasteiger partial charge is 0.00191 e. The van der Waals surface area contributed by atoms with Crippen LogP contribution in [0.1, 0.15) is 449 Å². The summed E-state index contributed by atoms with van der Waals surface area (Å²) in [5.74, 6) is 17.2. The first-order valence-corrected chi connectivity index (χ1v) is 46.6. The van der Waals surface area contributed by atoms with Gasteiger partial charge in [-0.15, -0.1) is 0 Å². The lowest BCUT2D eigenvalue weighted by molar-refractivity contribution is 0.144. The third-order valence-corrected chi connectivity index (χ3v) is 28.3. The van der Waals surface area contributed by atoms with E-state index in [9.17, 15) is 0 Å². The van der Waals surface area contributed by atoms with Crippen molar-refractivity contribution in [3.63, 3.8) is 0 Å². The minimum atomic E-state index is 0.978. The van der Waals surface area contributed by atoms with E-state index in [0.29, 0.717) is 0 Å². The largest absolute Gasteiger partial charge is 0.306 e. The Morgan fingerprint density at radius 3 is 0.768 bits per heavy atom. The molecule has 0 bridgehead atoms. The topological polar surface area (TPSA) is 6.48 Å². The molecule has 1 aromatic rings. The summed E-state index contributed by atoms with van der Waals surface area (Å²) >= 11 is 0. The molecule has 0 amide bonds. The molecular weight excluding hydrogens is 1190 g/mol. The fraction of sp³-hybridized carbons (Fsp3) is 0.938. The monoisotopic (exact) mass is 1380 g/mol. The second-order valence-electron chi connectivity index (χ2n) is 35.7. The number of hydrogen-bond acceptors (Lipinski definition) is 2. The molecule has 7 aliphatic carbocycles. The van der Waals surface area contributed by atoms with Crippen molar-refractivity contribution in [2.45, 2.75) is 451 Å². The van der Waals surface area contributed by atoms with Gasteiger partial charge in [0.1, 0.15) is 0 Å². The van der Waals surface area contributed by atoms with Gasteiger partial charge in [-0.25, -0.2) is 0 Å². The molecule has 0 aromatic heterocycles. The van der Waals surface area contributed by atoms with Gasteiger partial charge in [0.25, 0.3) is 0 Å². The summed E-state index contributed by atoms with van der Waals surface area (Å²) in [5.41, 5.74) is 2.98. The highest BCUT2D eigenvalue weighted by Crippen LogP contribution is 2.44. The summed E-state index contributed by atoms with van der Waals surface area (Å²) in [4.78, 5) is 4.84. The highest BCUT2D eigenvalue weighted by Gasteiger charge is 2.31. The summed E-state index contributed by atoms with van der Waals surface area (Å²) in [7, 11) is 4.42. The molecule has 99 heavy (non-hydrogen) atoms. The van der Waals surface area contributed by atoms with Crippen LogP contribution >= 0.6 is 0 Å². The third-order valence-electron chi connectivity index (χ3n) is 28.3. The van der Waals surface area contributed by atoms with E-state index in [1.807, 2.05) is 0 Å². The average molecular weight is 1380 g/mol. The Kier molecular flexibility index (Phi) is 59.2. The van der Waals surface area contributed by atoms with Gasteiger partial charge in [-0.3, -0.25) is 0 Å². The van der Waals surface area contributed by atoms with Crippen molar-refractivity contribution >= 4 is 0 Å². The maximum Gasteiger partial charge on any atom is -0.00191 e. The van der Waals surface area contributed by atoms with Crippen molar-refractivity contribution in [1.82, 2.24) is 9.80 Å². The Morgan fingerprint density at radius 2 is 0.525 bits per heavy atom. The number of piperidine rings is 2. The molecule has 1 aromatic carbocycles. The van der Waals surface area contributed by atoms with Crippen LogP contribution in [0.4, 0.5) is 0 Å². The van der Waals surface area contributed by atoms with Gasteiger partial charge in [0.2, 0.25) is 0 Å². The maximum atomic E-state index is 2.44. The molecule has 2 atom stereocenters. The van der Waals surface area contributed by atoms with Crippen LogP contribution in [0, 0.1) is 94.7 Å². The quantitative estimate of drug-likeness (QED) is 0.107. The minimum absolute atomic E-state index is 0.978. The van der Waals surface area contributed by atoms with Gasteiger partial charge in [-0.05, 0) is 217 Å². The normalized spacial score (nSPS) is 30.0. The van der Waals surface area contributed by atoms with Crippen LogP contribution in [0.5, 0.6) is 0 Å². The van der Waals surface area contributed by atoms with Crippen LogP contribution in [-0.2, 0) is 12.8 Å². The lowest BCUT2D eigenvalue weighted by Crippen LogP contribution is -2.29. The number of unbranched alkanes of at least 4 members (excludes halogenated alkanes) is 3. The van der Waals surface area contributed by atoms with Gasteiger partial charge >= 0.3 is 0 Å². The molecule has 2 unspecified atom stereocenters. The Morgan fingerprint density at radius 1 is 0.273 bits per heavy atom. The average Bonchev–Trinajstić information content (AvgIpc) is 1.29. The second kappa shape index (κ2) is 62.2. The van der Waals surface area contributed by atoms with E-state index in [1.165, 1.54) is 307 Å². The van der Waals surface area contributed by atoms with Gasteiger partial charge in [0.05, 0.1) is 0 Å².